The maximum atomic E-state index is 14.2. The van der Waals surface area contributed by atoms with Crippen molar-refractivity contribution in [3.8, 4) is 0 Å². The fourth-order valence-electron chi connectivity index (χ4n) is 8.13. The third-order valence-electron chi connectivity index (χ3n) is 11.5. The molecule has 0 spiro atoms. The number of halogens is 24. The zero-order chi connectivity index (χ0) is 57.2. The second-order valence-corrected chi connectivity index (χ2v) is 17.4. The highest BCUT2D eigenvalue weighted by Crippen LogP contribution is 2.41. The number of rotatable bonds is 7. The maximum Gasteiger partial charge on any atom is 0.416 e. The number of benzene rings is 6. The van der Waals surface area contributed by atoms with Crippen molar-refractivity contribution in [1.29, 1.82) is 0 Å². The van der Waals surface area contributed by atoms with Gasteiger partial charge in [-0.25, -0.2) is 4.79 Å². The first-order valence-electron chi connectivity index (χ1n) is 20.5. The van der Waals surface area contributed by atoms with Crippen molar-refractivity contribution in [2.75, 3.05) is 0 Å². The fraction of sp³-hybridized carbons (Fsp3) is 0.191. The molecule has 1 aromatic heterocycles. The summed E-state index contributed by atoms with van der Waals surface area (Å²) in [7, 11) is 0. The number of aromatic carboxylic acids is 1. The van der Waals surface area contributed by atoms with Crippen LogP contribution in [0.2, 0.25) is 0 Å². The normalized spacial score (nSPS) is 13.4. The summed E-state index contributed by atoms with van der Waals surface area (Å²) in [5, 5.41) is 8.98. The summed E-state index contributed by atoms with van der Waals surface area (Å²) in [6.07, 6.45) is -54.8. The van der Waals surface area contributed by atoms with E-state index in [4.69, 9.17) is 5.11 Å². The van der Waals surface area contributed by atoms with Crippen molar-refractivity contribution < 1.29 is 120 Å². The molecule has 0 bridgehead atoms. The SMILES string of the molecule is FC(F)(F)c1cc([B-](c2cc(C(F)(F)F)cc(C(F)(F)F)c2)(c2cc(C(F)(F)F)cc(C(F)(F)F)c2)c2cc(C(F)(F)F)cc(C(F)(F)F)c2)cc(C(F)(F)F)c1.O=C(O)c1ccc2c(c1)sc[n+]2Cc1ccccc1. The summed E-state index contributed by atoms with van der Waals surface area (Å²) >= 11 is 1.56. The molecule has 6 aromatic carbocycles. The molecule has 0 amide bonds. The van der Waals surface area contributed by atoms with Gasteiger partial charge in [-0.05, 0) is 36.4 Å². The molecular formula is C47H24BF24NO2S. The summed E-state index contributed by atoms with van der Waals surface area (Å²) in [5.41, 5.74) is -25.5. The Balaban J connectivity index is 0.000000408. The molecule has 7 rings (SSSR count). The van der Waals surface area contributed by atoms with E-state index < -0.39 is 201 Å². The van der Waals surface area contributed by atoms with Gasteiger partial charge in [0, 0.05) is 11.6 Å². The number of nitrogens with zero attached hydrogens (tertiary/aromatic N) is 1. The van der Waals surface area contributed by atoms with E-state index in [1.54, 1.807) is 23.5 Å². The Morgan fingerprint density at radius 2 is 0.671 bits per heavy atom. The predicted molar refractivity (Wildman–Crippen MR) is 225 cm³/mol. The molecule has 0 saturated heterocycles. The van der Waals surface area contributed by atoms with Crippen molar-refractivity contribution in [2.45, 2.75) is 56.0 Å². The van der Waals surface area contributed by atoms with E-state index in [-0.39, 0.29) is 0 Å². The van der Waals surface area contributed by atoms with E-state index in [1.807, 2.05) is 29.8 Å². The standard InChI is InChI=1S/C32H12BF24.C15H11NO2S/c34-25(35,36)13-1-14(26(37,38)39)6-21(5-13)33(22-7-15(27(40,41)42)2-16(8-22)28(43,44)45,23-9-17(29(46,47)48)3-18(10-23)30(49,50)51)24-11-19(31(52,53)54)4-20(12-24)32(55,56)57;17-15(18)12-6-7-13-14(8-12)19-10-16(13)9-11-4-2-1-3-5-11/h1-12H;1-8,10H,9H2/q-1;/p+1. The molecule has 1 N–H and O–H groups in total. The van der Waals surface area contributed by atoms with Crippen LogP contribution in [0.5, 0.6) is 0 Å². The van der Waals surface area contributed by atoms with Crippen LogP contribution in [0, 0.1) is 0 Å². The van der Waals surface area contributed by atoms with Crippen LogP contribution >= 0.6 is 11.3 Å². The number of carboxylic acid groups (broad SMARTS) is 1. The van der Waals surface area contributed by atoms with Crippen molar-refractivity contribution in [3.05, 3.63) is 182 Å². The Hall–Kier alpha value is -6.94. The van der Waals surface area contributed by atoms with Crippen LogP contribution in [0.25, 0.3) is 10.2 Å². The Morgan fingerprint density at radius 1 is 0.395 bits per heavy atom. The molecule has 0 aliphatic carbocycles. The Labute approximate surface area is 413 Å². The fourth-order valence-corrected chi connectivity index (χ4v) is 9.06. The second-order valence-electron chi connectivity index (χ2n) is 16.5. The number of aromatic nitrogens is 1. The summed E-state index contributed by atoms with van der Waals surface area (Å²) in [6, 6.07) is 6.65. The van der Waals surface area contributed by atoms with E-state index >= 15 is 0 Å². The van der Waals surface area contributed by atoms with E-state index in [2.05, 4.69) is 16.7 Å². The van der Waals surface area contributed by atoms with Crippen molar-refractivity contribution >= 4 is 55.5 Å². The molecule has 0 aliphatic heterocycles. The van der Waals surface area contributed by atoms with E-state index in [9.17, 15) is 110 Å². The van der Waals surface area contributed by atoms with Gasteiger partial charge < -0.3 is 5.11 Å². The monoisotopic (exact) mass is 1130 g/mol. The van der Waals surface area contributed by atoms with Crippen LogP contribution in [-0.2, 0) is 56.0 Å². The number of fused-ring (bicyclic) bond motifs is 1. The van der Waals surface area contributed by atoms with E-state index in [0.717, 1.165) is 16.8 Å². The van der Waals surface area contributed by atoms with Crippen LogP contribution in [0.15, 0.2) is 127 Å². The minimum Gasteiger partial charge on any atom is -0.478 e. The van der Waals surface area contributed by atoms with Gasteiger partial charge in [0.05, 0.1) is 50.1 Å². The van der Waals surface area contributed by atoms with Crippen LogP contribution in [0.4, 0.5) is 105 Å². The van der Waals surface area contributed by atoms with Gasteiger partial charge in [-0.3, -0.25) is 0 Å². The number of hydrogen-bond donors (Lipinski definition) is 1. The number of hydrogen-bond acceptors (Lipinski definition) is 2. The molecule has 29 heteroatoms. The molecule has 76 heavy (non-hydrogen) atoms. The van der Waals surface area contributed by atoms with Gasteiger partial charge in [0.1, 0.15) is 10.8 Å². The summed E-state index contributed by atoms with van der Waals surface area (Å²) < 4.78 is 344. The van der Waals surface area contributed by atoms with Crippen LogP contribution in [0.3, 0.4) is 0 Å². The minimum atomic E-state index is -6.13. The molecule has 0 aliphatic rings. The molecule has 0 radical (unpaired) electrons. The van der Waals surface area contributed by atoms with E-state index in [1.165, 1.54) is 5.56 Å². The van der Waals surface area contributed by atoms with Crippen LogP contribution in [-0.4, -0.2) is 17.2 Å². The number of carbonyl (C=O) groups is 1. The van der Waals surface area contributed by atoms with Crippen molar-refractivity contribution in [3.63, 3.8) is 0 Å². The molecule has 3 nitrogen and oxygen atoms in total. The summed E-state index contributed by atoms with van der Waals surface area (Å²) in [5.74, 6) is -0.884. The first kappa shape index (κ1) is 58.3. The van der Waals surface area contributed by atoms with Gasteiger partial charge in [-0.15, -0.1) is 0 Å². The predicted octanol–water partition coefficient (Wildman–Crippen LogP) is 14.1. The van der Waals surface area contributed by atoms with Crippen LogP contribution in [0.1, 0.15) is 60.4 Å². The molecule has 0 saturated carbocycles. The summed E-state index contributed by atoms with van der Waals surface area (Å²) in [6.45, 7) is 0.799. The highest BCUT2D eigenvalue weighted by Gasteiger charge is 2.47. The van der Waals surface area contributed by atoms with Gasteiger partial charge in [-0.1, -0.05) is 90.2 Å². The maximum absolute atomic E-state index is 14.2. The Kier molecular flexibility index (Phi) is 15.3. The third-order valence-corrected chi connectivity index (χ3v) is 12.4. The second kappa shape index (κ2) is 19.9. The topological polar surface area (TPSA) is 41.2 Å². The largest absolute Gasteiger partial charge is 0.478 e. The van der Waals surface area contributed by atoms with Gasteiger partial charge in [0.2, 0.25) is 11.0 Å². The molecule has 0 unspecified atom stereocenters. The average Bonchev–Trinajstić information content (AvgIpc) is 3.68. The van der Waals surface area contributed by atoms with Crippen molar-refractivity contribution in [1.82, 2.24) is 0 Å². The molecular weight excluding hydrogens is 1110 g/mol. The quantitative estimate of drug-likeness (QED) is 0.0982. The van der Waals surface area contributed by atoms with Gasteiger partial charge in [0.25, 0.3) is 0 Å². The number of thiazole rings is 1. The number of alkyl halides is 24. The molecule has 0 fully saturated rings. The highest BCUT2D eigenvalue weighted by atomic mass is 32.1. The molecule has 1 heterocycles. The summed E-state index contributed by atoms with van der Waals surface area (Å²) in [4.78, 5) is 10.9. The highest BCUT2D eigenvalue weighted by molar-refractivity contribution is 7.20. The lowest BCUT2D eigenvalue weighted by atomic mass is 9.12. The van der Waals surface area contributed by atoms with Crippen molar-refractivity contribution in [2.24, 2.45) is 0 Å². The first-order valence-corrected chi connectivity index (χ1v) is 21.4. The molecule has 406 valence electrons. The van der Waals surface area contributed by atoms with Gasteiger partial charge in [0.15, 0.2) is 6.54 Å². The van der Waals surface area contributed by atoms with E-state index in [0.29, 0.717) is 5.56 Å². The average molecular weight is 1130 g/mol. The van der Waals surface area contributed by atoms with Gasteiger partial charge >= 0.3 is 55.4 Å². The minimum absolute atomic E-state index is 0.334. The van der Waals surface area contributed by atoms with Crippen LogP contribution < -0.4 is 26.4 Å². The smallest absolute Gasteiger partial charge is 0.416 e. The lowest BCUT2D eigenvalue weighted by molar-refractivity contribution is -0.658. The zero-order valence-corrected chi connectivity index (χ0v) is 37.5. The lowest BCUT2D eigenvalue weighted by Crippen LogP contribution is -2.75. The zero-order valence-electron chi connectivity index (χ0n) is 36.7. The van der Waals surface area contributed by atoms with Gasteiger partial charge in [-0.2, -0.15) is 132 Å². The Morgan fingerprint density at radius 3 is 0.921 bits per heavy atom. The molecule has 7 aromatic rings. The lowest BCUT2D eigenvalue weighted by Gasteiger charge is -2.46. The Bertz CT molecular complexity index is 2830. The molecule has 0 atom stereocenters. The number of carboxylic acids is 1. The third kappa shape index (κ3) is 12.8. The first-order chi connectivity index (χ1) is 34.5.